The quantitative estimate of drug-likeness (QED) is 0.685. The highest BCUT2D eigenvalue weighted by Gasteiger charge is 2.32. The van der Waals surface area contributed by atoms with E-state index in [0.29, 0.717) is 41.9 Å². The molecule has 3 amide bonds. The fourth-order valence-corrected chi connectivity index (χ4v) is 3.65. The highest BCUT2D eigenvalue weighted by molar-refractivity contribution is 6.05. The van der Waals surface area contributed by atoms with Crippen molar-refractivity contribution in [1.29, 1.82) is 0 Å². The zero-order valence-electron chi connectivity index (χ0n) is 16.7. The van der Waals surface area contributed by atoms with Crippen molar-refractivity contribution in [3.05, 3.63) is 59.2 Å². The average Bonchev–Trinajstić information content (AvgIpc) is 2.92. The van der Waals surface area contributed by atoms with Crippen LogP contribution >= 0.6 is 0 Å². The van der Waals surface area contributed by atoms with E-state index < -0.39 is 17.6 Å². The lowest BCUT2D eigenvalue weighted by Gasteiger charge is -2.27. The molecule has 0 aliphatic carbocycles. The highest BCUT2D eigenvalue weighted by Crippen LogP contribution is 2.38. The van der Waals surface area contributed by atoms with Crippen LogP contribution < -0.4 is 20.3 Å². The minimum atomic E-state index is -4.47. The van der Waals surface area contributed by atoms with Crippen molar-refractivity contribution in [2.24, 2.45) is 0 Å². The molecule has 0 spiro atoms. The number of hydrogen-bond donors (Lipinski definition) is 2. The third kappa shape index (κ3) is 4.35. The number of alkyl halides is 3. The van der Waals surface area contributed by atoms with E-state index >= 15 is 0 Å². The van der Waals surface area contributed by atoms with Gasteiger partial charge < -0.3 is 15.4 Å². The van der Waals surface area contributed by atoms with Crippen LogP contribution in [0, 0.1) is 0 Å². The molecule has 2 aromatic rings. The summed E-state index contributed by atoms with van der Waals surface area (Å²) in [6.07, 6.45) is -2.01. The van der Waals surface area contributed by atoms with Gasteiger partial charge in [0.05, 0.1) is 17.9 Å². The fourth-order valence-electron chi connectivity index (χ4n) is 3.65. The van der Waals surface area contributed by atoms with E-state index in [9.17, 15) is 22.8 Å². The molecule has 31 heavy (non-hydrogen) atoms. The lowest BCUT2D eigenvalue weighted by Crippen LogP contribution is -2.41. The number of anilines is 2. The number of carbonyl (C=O) groups is 2. The minimum absolute atomic E-state index is 0.118. The molecule has 0 saturated carbocycles. The Kier molecular flexibility index (Phi) is 5.34. The molecule has 0 aromatic heterocycles. The number of allylic oxidation sites excluding steroid dienone is 1. The molecule has 0 bridgehead atoms. The number of halogens is 3. The number of hydrogen-bond acceptors (Lipinski definition) is 3. The predicted octanol–water partition coefficient (Wildman–Crippen LogP) is 4.56. The first-order chi connectivity index (χ1) is 14.7. The third-order valence-electron chi connectivity index (χ3n) is 5.26. The monoisotopic (exact) mass is 431 g/mol. The Morgan fingerprint density at radius 3 is 2.81 bits per heavy atom. The van der Waals surface area contributed by atoms with E-state index in [-0.39, 0.29) is 18.4 Å². The average molecular weight is 431 g/mol. The first kappa shape index (κ1) is 20.8. The van der Waals surface area contributed by atoms with Gasteiger partial charge in [-0.05, 0) is 48.2 Å². The number of carbonyl (C=O) groups excluding carboxylic acids is 2. The topological polar surface area (TPSA) is 70.7 Å². The van der Waals surface area contributed by atoms with E-state index in [4.69, 9.17) is 4.74 Å². The molecule has 2 N–H and O–H groups in total. The zero-order valence-corrected chi connectivity index (χ0v) is 16.7. The summed E-state index contributed by atoms with van der Waals surface area (Å²) in [5.74, 6) is -0.293. The Bertz CT molecular complexity index is 1080. The molecule has 162 valence electrons. The molecule has 6 nitrogen and oxygen atoms in total. The maximum absolute atomic E-state index is 13.0. The largest absolute Gasteiger partial charge is 0.493 e. The number of ether oxygens (including phenoxy) is 1. The lowest BCUT2D eigenvalue weighted by molar-refractivity contribution is -0.137. The van der Waals surface area contributed by atoms with Crippen LogP contribution in [0.3, 0.4) is 0 Å². The summed E-state index contributed by atoms with van der Waals surface area (Å²) >= 11 is 0. The summed E-state index contributed by atoms with van der Waals surface area (Å²) in [4.78, 5) is 25.9. The van der Waals surface area contributed by atoms with Crippen molar-refractivity contribution in [3.63, 3.8) is 0 Å². The van der Waals surface area contributed by atoms with Gasteiger partial charge >= 0.3 is 12.2 Å². The first-order valence-electron chi connectivity index (χ1n) is 9.73. The van der Waals surface area contributed by atoms with E-state index in [1.807, 2.05) is 6.07 Å². The smallest absolute Gasteiger partial charge is 0.416 e. The number of benzene rings is 2. The van der Waals surface area contributed by atoms with Gasteiger partial charge in [-0.15, -0.1) is 0 Å². The van der Waals surface area contributed by atoms with Crippen LogP contribution in [-0.4, -0.2) is 25.6 Å². The predicted molar refractivity (Wildman–Crippen MR) is 110 cm³/mol. The number of urea groups is 1. The second kappa shape index (κ2) is 7.98. The second-order valence-electron chi connectivity index (χ2n) is 7.38. The zero-order chi connectivity index (χ0) is 22.2. The van der Waals surface area contributed by atoms with Crippen molar-refractivity contribution in [2.75, 3.05) is 23.9 Å². The van der Waals surface area contributed by atoms with Gasteiger partial charge in [-0.1, -0.05) is 12.1 Å². The summed E-state index contributed by atoms with van der Waals surface area (Å²) in [7, 11) is 1.64. The third-order valence-corrected chi connectivity index (χ3v) is 5.26. The number of rotatable bonds is 2. The molecule has 0 fully saturated rings. The van der Waals surface area contributed by atoms with E-state index in [1.165, 1.54) is 17.0 Å². The van der Waals surface area contributed by atoms with Gasteiger partial charge in [-0.25, -0.2) is 4.79 Å². The van der Waals surface area contributed by atoms with Crippen LogP contribution in [0.15, 0.2) is 42.5 Å². The molecule has 4 rings (SSSR count). The van der Waals surface area contributed by atoms with Crippen LogP contribution in [0.5, 0.6) is 5.75 Å². The van der Waals surface area contributed by atoms with Gasteiger partial charge in [0.25, 0.3) is 0 Å². The maximum atomic E-state index is 13.0. The summed E-state index contributed by atoms with van der Waals surface area (Å²) in [5, 5.41) is 5.51. The van der Waals surface area contributed by atoms with Gasteiger partial charge in [0.2, 0.25) is 5.91 Å². The Labute approximate surface area is 176 Å². The van der Waals surface area contributed by atoms with Crippen LogP contribution in [0.4, 0.5) is 29.3 Å². The summed E-state index contributed by atoms with van der Waals surface area (Å²) in [6.45, 7) is 0.681. The number of nitrogens with one attached hydrogen (secondary N) is 2. The van der Waals surface area contributed by atoms with E-state index in [0.717, 1.165) is 17.7 Å². The molecule has 0 saturated heterocycles. The van der Waals surface area contributed by atoms with Crippen LogP contribution in [0.2, 0.25) is 0 Å². The van der Waals surface area contributed by atoms with Crippen molar-refractivity contribution in [1.82, 2.24) is 5.32 Å². The number of fused-ring (bicyclic) bond motifs is 2. The highest BCUT2D eigenvalue weighted by atomic mass is 19.4. The van der Waals surface area contributed by atoms with Crippen molar-refractivity contribution >= 4 is 28.9 Å². The van der Waals surface area contributed by atoms with Crippen LogP contribution in [-0.2, 0) is 17.5 Å². The summed E-state index contributed by atoms with van der Waals surface area (Å²) in [6, 6.07) is 8.34. The Morgan fingerprint density at radius 2 is 2.03 bits per heavy atom. The molecule has 2 aromatic carbocycles. The molecule has 0 atom stereocenters. The number of amides is 3. The Balaban J connectivity index is 1.58. The second-order valence-corrected chi connectivity index (χ2v) is 7.38. The SMILES string of the molecule is CN1C(=O)NCc2ccc(NC(=O)/C=C3\CCCOc4cc(C(F)(F)F)ccc43)cc21. The van der Waals surface area contributed by atoms with E-state index in [1.54, 1.807) is 19.2 Å². The molecular weight excluding hydrogens is 411 g/mol. The lowest BCUT2D eigenvalue weighted by atomic mass is 9.99. The van der Waals surface area contributed by atoms with Crippen molar-refractivity contribution in [3.8, 4) is 5.75 Å². The number of nitrogens with zero attached hydrogens (tertiary/aromatic N) is 1. The molecule has 2 heterocycles. The van der Waals surface area contributed by atoms with E-state index in [2.05, 4.69) is 10.6 Å². The molecule has 9 heteroatoms. The molecular formula is C22H20F3N3O3. The van der Waals surface area contributed by atoms with Crippen molar-refractivity contribution < 1.29 is 27.5 Å². The normalized spacial score (nSPS) is 17.2. The Morgan fingerprint density at radius 1 is 1.23 bits per heavy atom. The summed E-state index contributed by atoms with van der Waals surface area (Å²) < 4.78 is 44.5. The fraction of sp³-hybridized carbons (Fsp3) is 0.273. The molecule has 0 unspecified atom stereocenters. The molecule has 2 aliphatic heterocycles. The van der Waals surface area contributed by atoms with Gasteiger partial charge in [-0.2, -0.15) is 13.2 Å². The van der Waals surface area contributed by atoms with Gasteiger partial charge in [0, 0.05) is 30.9 Å². The molecule has 2 aliphatic rings. The Hall–Kier alpha value is -3.49. The summed E-state index contributed by atoms with van der Waals surface area (Å²) in [5.41, 5.74) is 2.42. The van der Waals surface area contributed by atoms with Crippen LogP contribution in [0.1, 0.15) is 29.5 Å². The van der Waals surface area contributed by atoms with Gasteiger partial charge in [0.15, 0.2) is 0 Å². The van der Waals surface area contributed by atoms with Gasteiger partial charge in [0.1, 0.15) is 5.75 Å². The van der Waals surface area contributed by atoms with Gasteiger partial charge in [-0.3, -0.25) is 9.69 Å². The minimum Gasteiger partial charge on any atom is -0.493 e. The first-order valence-corrected chi connectivity index (χ1v) is 9.73. The maximum Gasteiger partial charge on any atom is 0.416 e. The standard InChI is InChI=1S/C22H20F3N3O3/c1-28-18-11-16(6-4-14(18)12-26-21(28)30)27-20(29)9-13-3-2-8-31-19-10-15(22(23,24)25)5-7-17(13)19/h4-7,9-11H,2-3,8,12H2,1H3,(H,26,30)(H,27,29)/b13-9+. The van der Waals surface area contributed by atoms with Crippen molar-refractivity contribution in [2.45, 2.75) is 25.6 Å². The molecule has 0 radical (unpaired) electrons. The van der Waals surface area contributed by atoms with Crippen LogP contribution in [0.25, 0.3) is 5.57 Å².